The first-order chi connectivity index (χ1) is 15.6. The van der Waals surface area contributed by atoms with Crippen LogP contribution in [0.15, 0.2) is 10.9 Å². The van der Waals surface area contributed by atoms with Gasteiger partial charge >= 0.3 is 0 Å². The van der Waals surface area contributed by atoms with Crippen molar-refractivity contribution in [1.82, 2.24) is 29.7 Å². The van der Waals surface area contributed by atoms with Gasteiger partial charge in [-0.15, -0.1) is 0 Å². The molecule has 0 bridgehead atoms. The lowest BCUT2D eigenvalue weighted by Gasteiger charge is -2.26. The van der Waals surface area contributed by atoms with Crippen LogP contribution in [-0.2, 0) is 11.3 Å². The van der Waals surface area contributed by atoms with Crippen LogP contribution in [0.25, 0.3) is 5.65 Å². The number of carbonyl (C=O) groups is 1. The van der Waals surface area contributed by atoms with Crippen LogP contribution in [0.2, 0.25) is 0 Å². The molecule has 0 aromatic carbocycles. The Kier molecular flexibility index (Phi) is 6.76. The van der Waals surface area contributed by atoms with Crippen molar-refractivity contribution in [2.75, 3.05) is 39.4 Å². The molecule has 2 fully saturated rings. The van der Waals surface area contributed by atoms with Gasteiger partial charge in [0.15, 0.2) is 5.56 Å². The van der Waals surface area contributed by atoms with Gasteiger partial charge in [0.25, 0.3) is 11.5 Å². The zero-order chi connectivity index (χ0) is 23.8. The summed E-state index contributed by atoms with van der Waals surface area (Å²) in [5.41, 5.74) is -0.601. The number of ether oxygens (including phenoxy) is 1. The molecule has 2 aromatic heterocycles. The predicted octanol–water partition coefficient (Wildman–Crippen LogP) is 0.0526. The van der Waals surface area contributed by atoms with Crippen LogP contribution in [0.3, 0.4) is 0 Å². The molecule has 0 spiro atoms. The van der Waals surface area contributed by atoms with Gasteiger partial charge in [0.05, 0.1) is 13.2 Å². The first kappa shape index (κ1) is 23.7. The number of aliphatic hydroxyl groups excluding tert-OH is 1. The van der Waals surface area contributed by atoms with Gasteiger partial charge in [0, 0.05) is 44.8 Å². The van der Waals surface area contributed by atoms with E-state index in [1.54, 1.807) is 6.07 Å². The molecule has 2 aliphatic rings. The second-order valence-corrected chi connectivity index (χ2v) is 10.0. The van der Waals surface area contributed by atoms with Gasteiger partial charge in [-0.2, -0.15) is 9.61 Å². The summed E-state index contributed by atoms with van der Waals surface area (Å²) in [6.07, 6.45) is 0.630. The maximum absolute atomic E-state index is 13.3. The highest BCUT2D eigenvalue weighted by atomic mass is 16.5. The van der Waals surface area contributed by atoms with Gasteiger partial charge in [0.1, 0.15) is 17.6 Å². The van der Waals surface area contributed by atoms with Crippen LogP contribution in [0.5, 0.6) is 5.88 Å². The van der Waals surface area contributed by atoms with E-state index in [-0.39, 0.29) is 22.7 Å². The average molecular weight is 463 g/mol. The number of morpholine rings is 1. The Morgan fingerprint density at radius 3 is 2.64 bits per heavy atom. The number of hydrogen-bond donors (Lipinski definition) is 4. The lowest BCUT2D eigenvalue weighted by atomic mass is 9.97. The van der Waals surface area contributed by atoms with E-state index < -0.39 is 23.6 Å². The molecule has 4 rings (SSSR count). The number of nitrogens with zero attached hydrogens (tertiary/aromatic N) is 4. The Hall–Kier alpha value is -2.47. The summed E-state index contributed by atoms with van der Waals surface area (Å²) < 4.78 is 7.95. The number of aliphatic hydroxyl groups is 1. The summed E-state index contributed by atoms with van der Waals surface area (Å²) in [6.45, 7) is 10.6. The zero-order valence-corrected chi connectivity index (χ0v) is 19.5. The largest absolute Gasteiger partial charge is 0.492 e. The minimum Gasteiger partial charge on any atom is -0.492 e. The molecule has 33 heavy (non-hydrogen) atoms. The van der Waals surface area contributed by atoms with Gasteiger partial charge in [-0.05, 0) is 18.3 Å². The second-order valence-electron chi connectivity index (χ2n) is 10.0. The number of aromatic nitrogens is 3. The van der Waals surface area contributed by atoms with Crippen molar-refractivity contribution in [3.63, 3.8) is 0 Å². The Balaban J connectivity index is 1.62. The van der Waals surface area contributed by atoms with Gasteiger partial charge in [-0.3, -0.25) is 24.4 Å². The topological polar surface area (TPSA) is 133 Å². The lowest BCUT2D eigenvalue weighted by molar-refractivity contribution is 0.0354. The van der Waals surface area contributed by atoms with E-state index in [1.165, 1.54) is 4.57 Å². The Labute approximate surface area is 192 Å². The van der Waals surface area contributed by atoms with Crippen molar-refractivity contribution < 1.29 is 19.7 Å². The third kappa shape index (κ3) is 5.55. The highest BCUT2D eigenvalue weighted by Crippen LogP contribution is 2.24. The molecule has 182 valence electrons. The maximum Gasteiger partial charge on any atom is 0.270 e. The third-order valence-electron chi connectivity index (χ3n) is 5.79. The fourth-order valence-corrected chi connectivity index (χ4v) is 3.91. The molecule has 2 aromatic rings. The highest BCUT2D eigenvalue weighted by molar-refractivity contribution is 5.96. The van der Waals surface area contributed by atoms with E-state index in [0.29, 0.717) is 32.0 Å². The van der Waals surface area contributed by atoms with Crippen molar-refractivity contribution in [2.24, 2.45) is 5.41 Å². The quantitative estimate of drug-likeness (QED) is 0.405. The normalized spacial score (nSPS) is 18.5. The van der Waals surface area contributed by atoms with Crippen molar-refractivity contribution in [3.8, 4) is 5.88 Å². The number of carbonyl (C=O) groups excluding carboxylic acids is 1. The average Bonchev–Trinajstić information content (AvgIpc) is 3.44. The Morgan fingerprint density at radius 1 is 1.30 bits per heavy atom. The molecular weight excluding hydrogens is 428 g/mol. The lowest BCUT2D eigenvalue weighted by Crippen LogP contribution is -2.40. The van der Waals surface area contributed by atoms with Crippen LogP contribution < -0.4 is 16.2 Å². The van der Waals surface area contributed by atoms with Crippen molar-refractivity contribution in [3.05, 3.63) is 27.7 Å². The van der Waals surface area contributed by atoms with Crippen molar-refractivity contribution >= 4 is 11.6 Å². The number of hydrogen-bond acceptors (Lipinski definition) is 8. The first-order valence-corrected chi connectivity index (χ1v) is 11.5. The van der Waals surface area contributed by atoms with Gasteiger partial charge in [0.2, 0.25) is 5.88 Å². The molecule has 3 heterocycles. The highest BCUT2D eigenvalue weighted by Gasteiger charge is 2.30. The number of rotatable bonds is 8. The summed E-state index contributed by atoms with van der Waals surface area (Å²) in [6, 6.07) is 1.61. The number of nitrogens with one attached hydrogen (secondary N) is 2. The molecular formula is C22H34N6O5. The summed E-state index contributed by atoms with van der Waals surface area (Å²) in [4.78, 5) is 28.2. The predicted molar refractivity (Wildman–Crippen MR) is 121 cm³/mol. The SMILES string of the molecule is CC(C)(C)Cn1c(=O)c(C(=O)NC2CC2)c(O)n2nc(C(O)NCCN3CCOCC3)cc12. The summed E-state index contributed by atoms with van der Waals surface area (Å²) in [7, 11) is 0. The number of fused-ring (bicyclic) bond motifs is 1. The smallest absolute Gasteiger partial charge is 0.270 e. The Morgan fingerprint density at radius 2 is 2.00 bits per heavy atom. The monoisotopic (exact) mass is 462 g/mol. The van der Waals surface area contributed by atoms with E-state index in [4.69, 9.17) is 4.74 Å². The molecule has 1 aliphatic heterocycles. The molecule has 4 N–H and O–H groups in total. The van der Waals surface area contributed by atoms with Crippen LogP contribution in [0.4, 0.5) is 0 Å². The number of amides is 1. The van der Waals surface area contributed by atoms with Gasteiger partial charge in [-0.25, -0.2) is 0 Å². The van der Waals surface area contributed by atoms with Crippen LogP contribution in [0, 0.1) is 5.41 Å². The van der Waals surface area contributed by atoms with E-state index in [2.05, 4.69) is 20.6 Å². The fourth-order valence-electron chi connectivity index (χ4n) is 3.91. The molecule has 1 unspecified atom stereocenters. The van der Waals surface area contributed by atoms with Crippen molar-refractivity contribution in [1.29, 1.82) is 0 Å². The molecule has 11 nitrogen and oxygen atoms in total. The third-order valence-corrected chi connectivity index (χ3v) is 5.79. The van der Waals surface area contributed by atoms with Crippen LogP contribution in [0.1, 0.15) is 55.9 Å². The van der Waals surface area contributed by atoms with Crippen LogP contribution >= 0.6 is 0 Å². The molecule has 1 atom stereocenters. The van der Waals surface area contributed by atoms with Crippen LogP contribution in [-0.4, -0.2) is 80.6 Å². The second kappa shape index (κ2) is 9.41. The molecule has 1 amide bonds. The summed E-state index contributed by atoms with van der Waals surface area (Å²) >= 11 is 0. The molecule has 11 heteroatoms. The maximum atomic E-state index is 13.3. The zero-order valence-electron chi connectivity index (χ0n) is 19.5. The van der Waals surface area contributed by atoms with E-state index in [1.807, 2.05) is 20.8 Å². The number of aromatic hydroxyl groups is 1. The molecule has 1 saturated carbocycles. The fraction of sp³-hybridized carbons (Fsp3) is 0.682. The van der Waals surface area contributed by atoms with E-state index in [9.17, 15) is 19.8 Å². The van der Waals surface area contributed by atoms with E-state index in [0.717, 1.165) is 37.0 Å². The molecule has 1 saturated heterocycles. The van der Waals surface area contributed by atoms with Crippen molar-refractivity contribution in [2.45, 2.75) is 52.4 Å². The molecule has 0 radical (unpaired) electrons. The Bertz CT molecular complexity index is 1060. The summed E-state index contributed by atoms with van der Waals surface area (Å²) in [5, 5.41) is 31.6. The van der Waals surface area contributed by atoms with Gasteiger partial charge < -0.3 is 20.3 Å². The standard InChI is InChI=1S/C22H34N6O5/c1-22(2,3)13-27-16-12-15(18(29)23-6-7-26-8-10-33-11-9-26)25-28(16)21(32)17(20(27)31)19(30)24-14-4-5-14/h12,14,18,23,29,32H,4-11,13H2,1-3H3,(H,24,30). The molecule has 1 aliphatic carbocycles. The minimum absolute atomic E-state index is 0.0359. The summed E-state index contributed by atoms with van der Waals surface area (Å²) in [5.74, 6) is -1.13. The minimum atomic E-state index is -1.09. The van der Waals surface area contributed by atoms with Gasteiger partial charge in [-0.1, -0.05) is 20.8 Å². The van der Waals surface area contributed by atoms with E-state index >= 15 is 0 Å². The first-order valence-electron chi connectivity index (χ1n) is 11.5.